The molecule has 1 heterocycles. The topological polar surface area (TPSA) is 85.0 Å². The Morgan fingerprint density at radius 1 is 1.35 bits per heavy atom. The van der Waals surface area contributed by atoms with Crippen molar-refractivity contribution < 1.29 is 14.3 Å². The molecular formula is C17H15N3O3. The van der Waals surface area contributed by atoms with Crippen LogP contribution in [0.1, 0.15) is 50.5 Å². The number of ether oxygens (including phenoxy) is 1. The Bertz CT molecular complexity index is 813. The fourth-order valence-corrected chi connectivity index (χ4v) is 2.83. The molecule has 6 heteroatoms. The van der Waals surface area contributed by atoms with Crippen LogP contribution < -0.4 is 0 Å². The van der Waals surface area contributed by atoms with Crippen LogP contribution in [0.25, 0.3) is 0 Å². The van der Waals surface area contributed by atoms with E-state index in [0.717, 1.165) is 24.1 Å². The van der Waals surface area contributed by atoms with Gasteiger partial charge in [0.2, 0.25) is 0 Å². The van der Waals surface area contributed by atoms with Crippen molar-refractivity contribution in [3.63, 3.8) is 0 Å². The molecule has 0 N–H and O–H groups in total. The maximum absolute atomic E-state index is 12.0. The molecule has 1 aromatic heterocycles. The third kappa shape index (κ3) is 2.73. The van der Waals surface area contributed by atoms with Crippen LogP contribution in [-0.4, -0.2) is 28.6 Å². The zero-order chi connectivity index (χ0) is 16.4. The molecule has 0 unspecified atom stereocenters. The van der Waals surface area contributed by atoms with Crippen LogP contribution in [0.3, 0.4) is 0 Å². The van der Waals surface area contributed by atoms with Gasteiger partial charge in [-0.1, -0.05) is 12.1 Å². The molecule has 0 radical (unpaired) electrons. The predicted octanol–water partition coefficient (Wildman–Crippen LogP) is 2.11. The highest BCUT2D eigenvalue weighted by atomic mass is 16.5. The number of hydrogen-bond acceptors (Lipinski definition) is 5. The van der Waals surface area contributed by atoms with E-state index in [1.54, 1.807) is 16.8 Å². The van der Waals surface area contributed by atoms with Gasteiger partial charge in [0.25, 0.3) is 0 Å². The van der Waals surface area contributed by atoms with Crippen molar-refractivity contribution in [1.29, 1.82) is 5.26 Å². The summed E-state index contributed by atoms with van der Waals surface area (Å²) < 4.78 is 6.39. The van der Waals surface area contributed by atoms with Crippen molar-refractivity contribution >= 4 is 11.8 Å². The van der Waals surface area contributed by atoms with Crippen LogP contribution in [0.15, 0.2) is 24.3 Å². The lowest BCUT2D eigenvalue weighted by Gasteiger charge is -2.13. The highest BCUT2D eigenvalue weighted by molar-refractivity contribution is 6.00. The number of aromatic nitrogens is 2. The minimum atomic E-state index is -0.384. The van der Waals surface area contributed by atoms with Crippen molar-refractivity contribution in [3.8, 4) is 6.07 Å². The summed E-state index contributed by atoms with van der Waals surface area (Å²) in [6.07, 6.45) is 2.00. The van der Waals surface area contributed by atoms with Gasteiger partial charge in [0, 0.05) is 6.42 Å². The first-order valence-electron chi connectivity index (χ1n) is 7.34. The van der Waals surface area contributed by atoms with Crippen molar-refractivity contribution in [3.05, 3.63) is 52.3 Å². The van der Waals surface area contributed by atoms with E-state index in [4.69, 9.17) is 0 Å². The van der Waals surface area contributed by atoms with Gasteiger partial charge in [-0.3, -0.25) is 9.48 Å². The lowest BCUT2D eigenvalue weighted by atomic mass is 9.94. The van der Waals surface area contributed by atoms with Crippen LogP contribution in [0.5, 0.6) is 0 Å². The summed E-state index contributed by atoms with van der Waals surface area (Å²) in [5.41, 5.74) is 2.92. The van der Waals surface area contributed by atoms with Gasteiger partial charge in [0.1, 0.15) is 6.07 Å². The Kier molecular flexibility index (Phi) is 3.94. The monoisotopic (exact) mass is 309 g/mol. The zero-order valence-electron chi connectivity index (χ0n) is 12.7. The van der Waals surface area contributed by atoms with E-state index in [1.165, 1.54) is 7.11 Å². The number of fused-ring (bicyclic) bond motifs is 1. The molecule has 2 aromatic rings. The van der Waals surface area contributed by atoms with E-state index in [9.17, 15) is 14.9 Å². The molecule has 0 saturated heterocycles. The Hall–Kier alpha value is -2.94. The molecular weight excluding hydrogens is 294 g/mol. The minimum absolute atomic E-state index is 0.00455. The summed E-state index contributed by atoms with van der Waals surface area (Å²) in [5, 5.41) is 13.5. The Labute approximate surface area is 133 Å². The number of nitrogens with zero attached hydrogens (tertiary/aromatic N) is 3. The van der Waals surface area contributed by atoms with Gasteiger partial charge in [-0.05, 0) is 30.5 Å². The summed E-state index contributed by atoms with van der Waals surface area (Å²) in [6.45, 7) is 0.457. The molecule has 1 aliphatic carbocycles. The molecule has 0 fully saturated rings. The van der Waals surface area contributed by atoms with Crippen LogP contribution in [-0.2, 0) is 17.7 Å². The normalized spacial score (nSPS) is 13.3. The first kappa shape index (κ1) is 15.0. The Balaban J connectivity index is 1.90. The molecule has 0 aliphatic heterocycles. The fourth-order valence-electron chi connectivity index (χ4n) is 2.83. The number of methoxy groups -OCH3 is 1. The Morgan fingerprint density at radius 2 is 2.09 bits per heavy atom. The molecule has 0 amide bonds. The van der Waals surface area contributed by atoms with Gasteiger partial charge in [-0.2, -0.15) is 10.4 Å². The molecule has 0 saturated carbocycles. The number of ketones is 1. The lowest BCUT2D eigenvalue weighted by Crippen LogP contribution is -2.14. The van der Waals surface area contributed by atoms with Crippen LogP contribution in [0.4, 0.5) is 0 Å². The van der Waals surface area contributed by atoms with Crippen molar-refractivity contribution in [1.82, 2.24) is 9.78 Å². The van der Waals surface area contributed by atoms with E-state index in [1.807, 2.05) is 18.2 Å². The molecule has 0 bridgehead atoms. The summed E-state index contributed by atoms with van der Waals surface area (Å²) in [5.74, 6) is -0.388. The van der Waals surface area contributed by atoms with Crippen LogP contribution in [0, 0.1) is 11.3 Å². The number of esters is 1. The standard InChI is InChI=1S/C17H15N3O3/c1-23-17(22)12-7-5-11(6-8-12)10-20-14-3-2-4-15(21)16(14)13(9-18)19-20/h5-8H,2-4,10H2,1H3. The van der Waals surface area contributed by atoms with E-state index in [2.05, 4.69) is 9.84 Å². The molecule has 1 aliphatic rings. The summed E-state index contributed by atoms with van der Waals surface area (Å²) in [7, 11) is 1.34. The maximum Gasteiger partial charge on any atom is 0.337 e. The third-order valence-electron chi connectivity index (χ3n) is 3.97. The molecule has 6 nitrogen and oxygen atoms in total. The van der Waals surface area contributed by atoms with Crippen LogP contribution in [0.2, 0.25) is 0 Å². The molecule has 1 aromatic carbocycles. The van der Waals surface area contributed by atoms with Crippen molar-refractivity contribution in [2.75, 3.05) is 7.11 Å². The number of carbonyl (C=O) groups excluding carboxylic acids is 2. The van der Waals surface area contributed by atoms with Gasteiger partial charge >= 0.3 is 5.97 Å². The first-order valence-corrected chi connectivity index (χ1v) is 7.34. The van der Waals surface area contributed by atoms with Gasteiger partial charge < -0.3 is 4.74 Å². The van der Waals surface area contributed by atoms with Crippen molar-refractivity contribution in [2.24, 2.45) is 0 Å². The largest absolute Gasteiger partial charge is 0.465 e. The predicted molar refractivity (Wildman–Crippen MR) is 81.1 cm³/mol. The molecule has 116 valence electrons. The summed E-state index contributed by atoms with van der Waals surface area (Å²) in [4.78, 5) is 23.5. The number of nitriles is 1. The molecule has 23 heavy (non-hydrogen) atoms. The number of rotatable bonds is 3. The second-order valence-corrected chi connectivity index (χ2v) is 5.40. The van der Waals surface area contributed by atoms with Gasteiger partial charge in [-0.25, -0.2) is 4.79 Å². The van der Waals surface area contributed by atoms with E-state index >= 15 is 0 Å². The third-order valence-corrected chi connectivity index (χ3v) is 3.97. The van der Waals surface area contributed by atoms with Crippen LogP contribution >= 0.6 is 0 Å². The van der Waals surface area contributed by atoms with Gasteiger partial charge in [0.15, 0.2) is 11.5 Å². The fraction of sp³-hybridized carbons (Fsp3) is 0.294. The smallest absolute Gasteiger partial charge is 0.337 e. The zero-order valence-corrected chi connectivity index (χ0v) is 12.7. The van der Waals surface area contributed by atoms with E-state index < -0.39 is 0 Å². The van der Waals surface area contributed by atoms with E-state index in [-0.39, 0.29) is 17.4 Å². The second-order valence-electron chi connectivity index (χ2n) is 5.40. The summed E-state index contributed by atoms with van der Waals surface area (Å²) in [6, 6.07) is 9.02. The first-order chi connectivity index (χ1) is 11.1. The lowest BCUT2D eigenvalue weighted by molar-refractivity contribution is 0.0600. The molecule has 3 rings (SSSR count). The van der Waals surface area contributed by atoms with Gasteiger partial charge in [-0.15, -0.1) is 0 Å². The van der Waals surface area contributed by atoms with E-state index in [0.29, 0.717) is 24.1 Å². The minimum Gasteiger partial charge on any atom is -0.465 e. The highest BCUT2D eigenvalue weighted by Crippen LogP contribution is 2.25. The number of benzene rings is 1. The highest BCUT2D eigenvalue weighted by Gasteiger charge is 2.26. The maximum atomic E-state index is 12.0. The second kappa shape index (κ2) is 6.05. The average molecular weight is 309 g/mol. The quantitative estimate of drug-likeness (QED) is 0.811. The average Bonchev–Trinajstić information content (AvgIpc) is 2.94. The number of hydrogen-bond donors (Lipinski definition) is 0. The van der Waals surface area contributed by atoms with Gasteiger partial charge in [0.05, 0.1) is 30.5 Å². The molecule has 0 atom stereocenters. The Morgan fingerprint density at radius 3 is 2.74 bits per heavy atom. The number of Topliss-reactive ketones (excluding diaryl/α,β-unsaturated/α-hetero) is 1. The molecule has 0 spiro atoms. The SMILES string of the molecule is COC(=O)c1ccc(Cn2nc(C#N)c3c2CCCC3=O)cc1. The van der Waals surface area contributed by atoms with Crippen molar-refractivity contribution in [2.45, 2.75) is 25.8 Å². The number of carbonyl (C=O) groups is 2. The summed E-state index contributed by atoms with van der Waals surface area (Å²) >= 11 is 0.